The molecule has 0 aliphatic heterocycles. The lowest BCUT2D eigenvalue weighted by Crippen LogP contribution is -1.90. The topological polar surface area (TPSA) is 63.8 Å². The molecule has 2 aromatic heterocycles. The van der Waals surface area contributed by atoms with Gasteiger partial charge in [-0.1, -0.05) is 0 Å². The first-order valence-electron chi connectivity index (χ1n) is 3.50. The van der Waals surface area contributed by atoms with Crippen LogP contribution in [-0.4, -0.2) is 16.4 Å². The van der Waals surface area contributed by atoms with E-state index in [0.29, 0.717) is 5.82 Å². The van der Waals surface area contributed by atoms with E-state index in [0.717, 1.165) is 15.9 Å². The molecule has 62 valence electrons. The molecule has 0 unspecified atom stereocenters. The van der Waals surface area contributed by atoms with Crippen molar-refractivity contribution in [3.8, 4) is 0 Å². The summed E-state index contributed by atoms with van der Waals surface area (Å²) in [5.41, 5.74) is 5.61. The lowest BCUT2D eigenvalue weighted by atomic mass is 10.3. The van der Waals surface area contributed by atoms with Gasteiger partial charge in [0, 0.05) is 13.2 Å². The summed E-state index contributed by atoms with van der Waals surface area (Å²) in [5.74, 6) is 1.40. The molecule has 0 spiro atoms. The van der Waals surface area contributed by atoms with Gasteiger partial charge in [-0.2, -0.15) is 4.37 Å². The molecule has 0 amide bonds. The minimum atomic E-state index is 0.560. The zero-order chi connectivity index (χ0) is 8.55. The van der Waals surface area contributed by atoms with Crippen molar-refractivity contribution in [1.29, 1.82) is 0 Å². The van der Waals surface area contributed by atoms with Crippen molar-refractivity contribution in [2.24, 2.45) is 0 Å². The van der Waals surface area contributed by atoms with Crippen molar-refractivity contribution in [3.05, 3.63) is 12.3 Å². The summed E-state index contributed by atoms with van der Waals surface area (Å²) in [5, 5.41) is 3.88. The van der Waals surface area contributed by atoms with Crippen LogP contribution in [0.15, 0.2) is 12.3 Å². The van der Waals surface area contributed by atoms with E-state index in [9.17, 15) is 0 Å². The molecule has 4 nitrogen and oxygen atoms in total. The van der Waals surface area contributed by atoms with Crippen molar-refractivity contribution >= 4 is 33.3 Å². The number of aromatic nitrogens is 2. The molecule has 3 N–H and O–H groups in total. The van der Waals surface area contributed by atoms with E-state index in [2.05, 4.69) is 14.7 Å². The molecule has 0 bridgehead atoms. The Bertz CT molecular complexity index is 409. The second-order valence-electron chi connectivity index (χ2n) is 2.38. The minimum Gasteiger partial charge on any atom is -0.382 e. The van der Waals surface area contributed by atoms with Gasteiger partial charge in [-0.15, -0.1) is 0 Å². The Labute approximate surface area is 73.6 Å². The standard InChI is InChI=1S/C7H8N4S/c1-9-6-2-5-4(3-10-6)7(8)11-12-5/h2-3H,1H3,(H2,8,11)(H,9,10). The maximum absolute atomic E-state index is 5.61. The predicted octanol–water partition coefficient (Wildman–Crippen LogP) is 1.32. The smallest absolute Gasteiger partial charge is 0.146 e. The normalized spacial score (nSPS) is 10.4. The van der Waals surface area contributed by atoms with Crippen LogP contribution in [0.25, 0.3) is 10.1 Å². The Morgan fingerprint density at radius 2 is 2.42 bits per heavy atom. The number of rotatable bonds is 1. The summed E-state index contributed by atoms with van der Waals surface area (Å²) in [6, 6.07) is 1.93. The summed E-state index contributed by atoms with van der Waals surface area (Å²) >= 11 is 1.39. The molecular formula is C7H8N4S. The lowest BCUT2D eigenvalue weighted by molar-refractivity contribution is 1.31. The fraction of sp³-hybridized carbons (Fsp3) is 0.143. The summed E-state index contributed by atoms with van der Waals surface area (Å²) in [6.07, 6.45) is 1.74. The van der Waals surface area contributed by atoms with Crippen LogP contribution in [0.5, 0.6) is 0 Å². The first-order chi connectivity index (χ1) is 5.81. The van der Waals surface area contributed by atoms with Gasteiger partial charge in [-0.25, -0.2) is 4.98 Å². The monoisotopic (exact) mass is 180 g/mol. The van der Waals surface area contributed by atoms with Crippen LogP contribution in [0.4, 0.5) is 11.6 Å². The van der Waals surface area contributed by atoms with E-state index < -0.39 is 0 Å². The number of fused-ring (bicyclic) bond motifs is 1. The van der Waals surface area contributed by atoms with Gasteiger partial charge in [-0.3, -0.25) is 0 Å². The fourth-order valence-electron chi connectivity index (χ4n) is 0.989. The second-order valence-corrected chi connectivity index (χ2v) is 3.19. The third-order valence-corrected chi connectivity index (χ3v) is 2.46. The average Bonchev–Trinajstić information content (AvgIpc) is 2.47. The molecule has 0 radical (unpaired) electrons. The molecule has 2 aromatic rings. The van der Waals surface area contributed by atoms with Crippen LogP contribution < -0.4 is 11.1 Å². The highest BCUT2D eigenvalue weighted by Gasteiger charge is 2.02. The van der Waals surface area contributed by atoms with Crippen LogP contribution >= 0.6 is 11.5 Å². The summed E-state index contributed by atoms with van der Waals surface area (Å²) in [4.78, 5) is 4.13. The molecule has 5 heteroatoms. The molecule has 2 rings (SSSR count). The van der Waals surface area contributed by atoms with E-state index in [4.69, 9.17) is 5.73 Å². The first-order valence-corrected chi connectivity index (χ1v) is 4.27. The van der Waals surface area contributed by atoms with Crippen molar-refractivity contribution in [3.63, 3.8) is 0 Å². The van der Waals surface area contributed by atoms with E-state index >= 15 is 0 Å². The van der Waals surface area contributed by atoms with E-state index in [1.54, 1.807) is 6.20 Å². The number of nitrogens with one attached hydrogen (secondary N) is 1. The Morgan fingerprint density at radius 3 is 3.17 bits per heavy atom. The Morgan fingerprint density at radius 1 is 1.58 bits per heavy atom. The number of nitrogen functional groups attached to an aromatic ring is 1. The number of anilines is 2. The van der Waals surface area contributed by atoms with Gasteiger partial charge >= 0.3 is 0 Å². The minimum absolute atomic E-state index is 0.560. The molecule has 0 fully saturated rings. The number of nitrogens with two attached hydrogens (primary N) is 1. The first kappa shape index (κ1) is 7.30. The third kappa shape index (κ3) is 0.984. The van der Waals surface area contributed by atoms with Gasteiger partial charge < -0.3 is 11.1 Å². The number of hydrogen-bond donors (Lipinski definition) is 2. The van der Waals surface area contributed by atoms with Crippen molar-refractivity contribution < 1.29 is 0 Å². The van der Waals surface area contributed by atoms with Gasteiger partial charge in [0.25, 0.3) is 0 Å². The van der Waals surface area contributed by atoms with E-state index in [-0.39, 0.29) is 0 Å². The quantitative estimate of drug-likeness (QED) is 0.694. The van der Waals surface area contributed by atoms with Crippen LogP contribution in [-0.2, 0) is 0 Å². The lowest BCUT2D eigenvalue weighted by Gasteiger charge is -1.96. The Kier molecular flexibility index (Phi) is 1.58. The van der Waals surface area contributed by atoms with E-state index in [1.807, 2.05) is 13.1 Å². The number of nitrogens with zero attached hydrogens (tertiary/aromatic N) is 2. The predicted molar refractivity (Wildman–Crippen MR) is 51.4 cm³/mol. The molecule has 0 aliphatic rings. The molecule has 0 saturated carbocycles. The SMILES string of the molecule is CNc1cc2snc(N)c2cn1. The summed E-state index contributed by atoms with van der Waals surface area (Å²) in [6.45, 7) is 0. The number of hydrogen-bond acceptors (Lipinski definition) is 5. The van der Waals surface area contributed by atoms with Gasteiger partial charge in [0.2, 0.25) is 0 Å². The maximum atomic E-state index is 5.61. The molecule has 0 aromatic carbocycles. The summed E-state index contributed by atoms with van der Waals surface area (Å²) < 4.78 is 5.08. The number of pyridine rings is 1. The van der Waals surface area contributed by atoms with Crippen molar-refractivity contribution in [2.45, 2.75) is 0 Å². The average molecular weight is 180 g/mol. The third-order valence-electron chi connectivity index (χ3n) is 1.64. The zero-order valence-corrected chi connectivity index (χ0v) is 7.35. The highest BCUT2D eigenvalue weighted by atomic mass is 32.1. The van der Waals surface area contributed by atoms with Crippen molar-refractivity contribution in [1.82, 2.24) is 9.36 Å². The Balaban J connectivity index is 2.69. The highest BCUT2D eigenvalue weighted by Crippen LogP contribution is 2.25. The second kappa shape index (κ2) is 2.60. The molecule has 0 aliphatic carbocycles. The molecule has 0 atom stereocenters. The van der Waals surface area contributed by atoms with E-state index in [1.165, 1.54) is 11.5 Å². The van der Waals surface area contributed by atoms with Crippen LogP contribution in [0, 0.1) is 0 Å². The van der Waals surface area contributed by atoms with Crippen molar-refractivity contribution in [2.75, 3.05) is 18.1 Å². The summed E-state index contributed by atoms with van der Waals surface area (Å²) in [7, 11) is 1.83. The van der Waals surface area contributed by atoms with Crippen LogP contribution in [0.1, 0.15) is 0 Å². The maximum Gasteiger partial charge on any atom is 0.146 e. The van der Waals surface area contributed by atoms with Crippen LogP contribution in [0.2, 0.25) is 0 Å². The van der Waals surface area contributed by atoms with Gasteiger partial charge in [-0.05, 0) is 17.6 Å². The molecule has 0 saturated heterocycles. The molecular weight excluding hydrogens is 172 g/mol. The van der Waals surface area contributed by atoms with Gasteiger partial charge in [0.15, 0.2) is 0 Å². The fourth-order valence-corrected chi connectivity index (χ4v) is 1.70. The van der Waals surface area contributed by atoms with Gasteiger partial charge in [0.1, 0.15) is 11.6 Å². The highest BCUT2D eigenvalue weighted by molar-refractivity contribution is 7.13. The molecule has 2 heterocycles. The Hall–Kier alpha value is -1.36. The van der Waals surface area contributed by atoms with Gasteiger partial charge in [0.05, 0.1) is 10.1 Å². The molecule has 12 heavy (non-hydrogen) atoms. The van der Waals surface area contributed by atoms with Crippen LogP contribution in [0.3, 0.4) is 0 Å². The zero-order valence-electron chi connectivity index (χ0n) is 6.53. The largest absolute Gasteiger partial charge is 0.382 e.